The van der Waals surface area contributed by atoms with Crippen molar-refractivity contribution in [3.63, 3.8) is 0 Å². The van der Waals surface area contributed by atoms with Gasteiger partial charge >= 0.3 is 5.69 Å². The second kappa shape index (κ2) is 4.17. The van der Waals surface area contributed by atoms with Gasteiger partial charge in [-0.3, -0.25) is 4.57 Å². The maximum Gasteiger partial charge on any atom is 0.351 e. The van der Waals surface area contributed by atoms with Gasteiger partial charge in [0.25, 0.3) is 0 Å². The molecule has 1 atom stereocenters. The van der Waals surface area contributed by atoms with E-state index >= 15 is 0 Å². The Bertz CT molecular complexity index is 600. The molecule has 92 valence electrons. The Labute approximate surface area is 97.7 Å². The smallest absolute Gasteiger partial charge is 0.351 e. The zero-order valence-electron chi connectivity index (χ0n) is 10.0. The first-order valence-corrected chi connectivity index (χ1v) is 5.30. The van der Waals surface area contributed by atoms with Gasteiger partial charge in [-0.05, 0) is 6.92 Å². The quantitative estimate of drug-likeness (QED) is 0.749. The summed E-state index contributed by atoms with van der Waals surface area (Å²) in [5, 5.41) is 12.0. The van der Waals surface area contributed by atoms with E-state index in [4.69, 9.17) is 5.11 Å². The van der Waals surface area contributed by atoms with E-state index in [1.165, 1.54) is 4.57 Å². The van der Waals surface area contributed by atoms with Crippen molar-refractivity contribution in [1.82, 2.24) is 19.1 Å². The van der Waals surface area contributed by atoms with Gasteiger partial charge in [-0.15, -0.1) is 0 Å². The van der Waals surface area contributed by atoms with E-state index in [1.807, 2.05) is 7.05 Å². The molecule has 0 aliphatic heterocycles. The molecule has 0 saturated carbocycles. The first-order chi connectivity index (χ1) is 8.04. The summed E-state index contributed by atoms with van der Waals surface area (Å²) in [6, 6.07) is -0.173. The third-order valence-electron chi connectivity index (χ3n) is 2.61. The van der Waals surface area contributed by atoms with Crippen LogP contribution in [-0.2, 0) is 14.1 Å². The molecular weight excluding hydrogens is 222 g/mol. The molecule has 1 unspecified atom stereocenters. The Hall–Kier alpha value is -1.89. The molecule has 0 amide bonds. The lowest BCUT2D eigenvalue weighted by molar-refractivity contribution is 0.281. The highest BCUT2D eigenvalue weighted by atomic mass is 16.3. The number of aliphatic hydroxyl groups excluding tert-OH is 1. The molecule has 2 aromatic rings. The van der Waals surface area contributed by atoms with E-state index in [2.05, 4.69) is 15.3 Å². The predicted octanol–water partition coefficient (Wildman–Crippen LogP) is -0.540. The van der Waals surface area contributed by atoms with E-state index in [0.717, 1.165) is 5.52 Å². The normalized spacial score (nSPS) is 12.9. The van der Waals surface area contributed by atoms with E-state index in [0.29, 0.717) is 11.5 Å². The number of aliphatic hydroxyl groups is 1. The third kappa shape index (κ3) is 1.89. The fourth-order valence-electron chi connectivity index (χ4n) is 1.63. The number of rotatable bonds is 3. The summed E-state index contributed by atoms with van der Waals surface area (Å²) in [5.74, 6) is 0.449. The van der Waals surface area contributed by atoms with Crippen LogP contribution in [-0.4, -0.2) is 36.9 Å². The molecule has 2 N–H and O–H groups in total. The minimum absolute atomic E-state index is 0.0315. The van der Waals surface area contributed by atoms with Crippen molar-refractivity contribution >= 4 is 17.0 Å². The summed E-state index contributed by atoms with van der Waals surface area (Å²) in [6.07, 6.45) is 1.63. The second-order valence-electron chi connectivity index (χ2n) is 4.06. The molecule has 7 heteroatoms. The minimum atomic E-state index is -0.371. The molecule has 0 fully saturated rings. The highest BCUT2D eigenvalue weighted by Crippen LogP contribution is 2.17. The van der Waals surface area contributed by atoms with Gasteiger partial charge in [0.1, 0.15) is 5.52 Å². The number of nitrogens with one attached hydrogen (secondary N) is 1. The molecule has 0 aromatic carbocycles. The van der Waals surface area contributed by atoms with Crippen molar-refractivity contribution in [2.75, 3.05) is 11.9 Å². The molecule has 0 spiro atoms. The molecule has 2 aromatic heterocycles. The van der Waals surface area contributed by atoms with E-state index in [-0.39, 0.29) is 18.3 Å². The first kappa shape index (κ1) is 11.6. The molecule has 0 saturated heterocycles. The van der Waals surface area contributed by atoms with Crippen molar-refractivity contribution < 1.29 is 5.11 Å². The largest absolute Gasteiger partial charge is 0.394 e. The SMILES string of the molecule is CC(CO)Nc1nc(=O)n(C)c2ncn(C)c12. The summed E-state index contributed by atoms with van der Waals surface area (Å²) >= 11 is 0. The number of nitrogens with zero attached hydrogens (tertiary/aromatic N) is 4. The number of aromatic nitrogens is 4. The molecule has 7 nitrogen and oxygen atoms in total. The van der Waals surface area contributed by atoms with Gasteiger partial charge in [-0.25, -0.2) is 9.78 Å². The van der Waals surface area contributed by atoms with Crippen LogP contribution in [0.4, 0.5) is 5.82 Å². The van der Waals surface area contributed by atoms with Crippen LogP contribution in [0.25, 0.3) is 11.2 Å². The van der Waals surface area contributed by atoms with Gasteiger partial charge in [0, 0.05) is 20.1 Å². The summed E-state index contributed by atoms with van der Waals surface area (Å²) in [6.45, 7) is 1.78. The zero-order valence-corrected chi connectivity index (χ0v) is 10.0. The van der Waals surface area contributed by atoms with Crippen molar-refractivity contribution in [2.45, 2.75) is 13.0 Å². The molecule has 17 heavy (non-hydrogen) atoms. The maximum atomic E-state index is 11.6. The predicted molar refractivity (Wildman–Crippen MR) is 63.9 cm³/mol. The average Bonchev–Trinajstić information content (AvgIpc) is 2.68. The Morgan fingerprint density at radius 1 is 1.53 bits per heavy atom. The fraction of sp³-hybridized carbons (Fsp3) is 0.500. The lowest BCUT2D eigenvalue weighted by atomic mass is 10.3. The Kier molecular flexibility index (Phi) is 2.84. The average molecular weight is 237 g/mol. The summed E-state index contributed by atoms with van der Waals surface area (Å²) in [5.41, 5.74) is 0.941. The van der Waals surface area contributed by atoms with Crippen LogP contribution in [0.3, 0.4) is 0 Å². The van der Waals surface area contributed by atoms with E-state index < -0.39 is 0 Å². The maximum absolute atomic E-state index is 11.6. The molecule has 0 aliphatic rings. The molecule has 0 radical (unpaired) electrons. The zero-order chi connectivity index (χ0) is 12.6. The van der Waals surface area contributed by atoms with Crippen LogP contribution in [0, 0.1) is 0 Å². The Morgan fingerprint density at radius 3 is 2.88 bits per heavy atom. The topological polar surface area (TPSA) is 85.0 Å². The molecule has 0 aliphatic carbocycles. The monoisotopic (exact) mass is 237 g/mol. The number of aryl methyl sites for hydroxylation is 2. The van der Waals surface area contributed by atoms with Crippen molar-refractivity contribution in [3.8, 4) is 0 Å². The summed E-state index contributed by atoms with van der Waals surface area (Å²) < 4.78 is 3.18. The highest BCUT2D eigenvalue weighted by molar-refractivity contribution is 5.83. The van der Waals surface area contributed by atoms with Crippen LogP contribution in [0.5, 0.6) is 0 Å². The van der Waals surface area contributed by atoms with Crippen molar-refractivity contribution in [2.24, 2.45) is 14.1 Å². The third-order valence-corrected chi connectivity index (χ3v) is 2.61. The highest BCUT2D eigenvalue weighted by Gasteiger charge is 2.13. The number of hydrogen-bond acceptors (Lipinski definition) is 5. The van der Waals surface area contributed by atoms with Crippen molar-refractivity contribution in [1.29, 1.82) is 0 Å². The van der Waals surface area contributed by atoms with Gasteiger partial charge in [-0.2, -0.15) is 4.98 Å². The van der Waals surface area contributed by atoms with Crippen LogP contribution in [0.2, 0.25) is 0 Å². The second-order valence-corrected chi connectivity index (χ2v) is 4.06. The van der Waals surface area contributed by atoms with Gasteiger partial charge in [0.05, 0.1) is 12.9 Å². The Morgan fingerprint density at radius 2 is 2.24 bits per heavy atom. The number of fused-ring (bicyclic) bond motifs is 1. The van der Waals surface area contributed by atoms with Crippen LogP contribution in [0.1, 0.15) is 6.92 Å². The van der Waals surface area contributed by atoms with Crippen LogP contribution in [0.15, 0.2) is 11.1 Å². The molecule has 0 bridgehead atoms. The van der Waals surface area contributed by atoms with Crippen LogP contribution < -0.4 is 11.0 Å². The van der Waals surface area contributed by atoms with E-state index in [1.54, 1.807) is 24.9 Å². The van der Waals surface area contributed by atoms with Gasteiger partial charge in [0.15, 0.2) is 11.5 Å². The van der Waals surface area contributed by atoms with Gasteiger partial charge < -0.3 is 15.0 Å². The molecular formula is C10H15N5O2. The first-order valence-electron chi connectivity index (χ1n) is 5.30. The minimum Gasteiger partial charge on any atom is -0.394 e. The summed E-state index contributed by atoms with van der Waals surface area (Å²) in [4.78, 5) is 19.7. The number of hydrogen-bond donors (Lipinski definition) is 2. The van der Waals surface area contributed by atoms with Crippen LogP contribution >= 0.6 is 0 Å². The number of anilines is 1. The standard InChI is InChI=1S/C10H15N5O2/c1-6(4-16)12-8-7-9(11-5-14(7)2)15(3)10(17)13-8/h5-6,16H,4H2,1-3H3,(H,12,13,17). The summed E-state index contributed by atoms with van der Waals surface area (Å²) in [7, 11) is 3.46. The Balaban J connectivity index is 2.66. The van der Waals surface area contributed by atoms with Gasteiger partial charge in [0.2, 0.25) is 0 Å². The molecule has 2 heterocycles. The molecule has 2 rings (SSSR count). The van der Waals surface area contributed by atoms with E-state index in [9.17, 15) is 4.79 Å². The number of imidazole rings is 1. The van der Waals surface area contributed by atoms with Crippen molar-refractivity contribution in [3.05, 3.63) is 16.8 Å². The fourth-order valence-corrected chi connectivity index (χ4v) is 1.63. The van der Waals surface area contributed by atoms with Gasteiger partial charge in [-0.1, -0.05) is 0 Å². The lowest BCUT2D eigenvalue weighted by Gasteiger charge is -2.13. The lowest BCUT2D eigenvalue weighted by Crippen LogP contribution is -2.26.